The zero-order valence-electron chi connectivity index (χ0n) is 9.41. The summed E-state index contributed by atoms with van der Waals surface area (Å²) >= 11 is 5.77. The number of hydrogen-bond donors (Lipinski definition) is 3. The molecule has 0 aliphatic carbocycles. The molecule has 0 aromatic carbocycles. The van der Waals surface area contributed by atoms with Crippen LogP contribution in [-0.4, -0.2) is 23.2 Å². The van der Waals surface area contributed by atoms with Gasteiger partial charge in [-0.1, -0.05) is 18.5 Å². The summed E-state index contributed by atoms with van der Waals surface area (Å²) in [6.07, 6.45) is 1.97. The number of nitrogen functional groups attached to an aromatic ring is 1. The van der Waals surface area contributed by atoms with Crippen molar-refractivity contribution < 1.29 is 5.11 Å². The van der Waals surface area contributed by atoms with Gasteiger partial charge in [0.05, 0.1) is 0 Å². The highest BCUT2D eigenvalue weighted by molar-refractivity contribution is 6.29. The molecule has 0 spiro atoms. The van der Waals surface area contributed by atoms with Crippen molar-refractivity contribution >= 4 is 23.1 Å². The van der Waals surface area contributed by atoms with Crippen LogP contribution in [0.4, 0.5) is 11.5 Å². The van der Waals surface area contributed by atoms with Gasteiger partial charge in [0.25, 0.3) is 0 Å². The van der Waals surface area contributed by atoms with Crippen LogP contribution in [-0.2, 0) is 0 Å². The molecule has 0 bridgehead atoms. The lowest BCUT2D eigenvalue weighted by molar-refractivity contribution is 0.229. The van der Waals surface area contributed by atoms with E-state index in [4.69, 9.17) is 22.4 Å². The van der Waals surface area contributed by atoms with Crippen molar-refractivity contribution in [1.29, 1.82) is 0 Å². The topological polar surface area (TPSA) is 71.2 Å². The van der Waals surface area contributed by atoms with Gasteiger partial charge < -0.3 is 16.2 Å². The summed E-state index contributed by atoms with van der Waals surface area (Å²) in [5.74, 6) is 1.04. The molecule has 0 fully saturated rings. The monoisotopic (exact) mass is 243 g/mol. The number of aliphatic hydroxyl groups excluding tert-OH is 1. The molecular weight excluding hydrogens is 226 g/mol. The van der Waals surface area contributed by atoms with E-state index in [0.29, 0.717) is 22.6 Å². The predicted octanol–water partition coefficient (Wildman–Crippen LogP) is 2.14. The lowest BCUT2D eigenvalue weighted by Gasteiger charge is -2.09. The fraction of sp³-hybridized carbons (Fsp3) is 0.545. The van der Waals surface area contributed by atoms with Crippen molar-refractivity contribution in [2.24, 2.45) is 5.92 Å². The molecule has 4 N–H and O–H groups in total. The van der Waals surface area contributed by atoms with Gasteiger partial charge in [-0.15, -0.1) is 0 Å². The van der Waals surface area contributed by atoms with E-state index in [0.717, 1.165) is 19.4 Å². The number of nitrogens with zero attached hydrogens (tertiary/aromatic N) is 1. The van der Waals surface area contributed by atoms with E-state index in [1.165, 1.54) is 0 Å². The van der Waals surface area contributed by atoms with E-state index in [1.807, 2.05) is 6.92 Å². The normalized spacial score (nSPS) is 12.4. The molecule has 0 aliphatic rings. The van der Waals surface area contributed by atoms with Crippen molar-refractivity contribution in [3.63, 3.8) is 0 Å². The first kappa shape index (κ1) is 13.1. The van der Waals surface area contributed by atoms with E-state index in [9.17, 15) is 0 Å². The third kappa shape index (κ3) is 4.68. The van der Waals surface area contributed by atoms with Crippen molar-refractivity contribution in [2.75, 3.05) is 24.2 Å². The highest BCUT2D eigenvalue weighted by Crippen LogP contribution is 2.16. The van der Waals surface area contributed by atoms with Gasteiger partial charge in [-0.2, -0.15) is 0 Å². The van der Waals surface area contributed by atoms with Gasteiger partial charge in [-0.3, -0.25) is 0 Å². The van der Waals surface area contributed by atoms with Crippen LogP contribution in [0.2, 0.25) is 5.15 Å². The van der Waals surface area contributed by atoms with Gasteiger partial charge in [0.15, 0.2) is 0 Å². The Labute approximate surface area is 101 Å². The Hall–Kier alpha value is -1.00. The Morgan fingerprint density at radius 3 is 2.94 bits per heavy atom. The fourth-order valence-corrected chi connectivity index (χ4v) is 1.58. The molecule has 1 aromatic heterocycles. The maximum atomic E-state index is 8.86. The molecule has 0 amide bonds. The summed E-state index contributed by atoms with van der Waals surface area (Å²) in [6.45, 7) is 3.06. The molecule has 1 atom stereocenters. The van der Waals surface area contributed by atoms with E-state index in [2.05, 4.69) is 10.3 Å². The number of anilines is 2. The largest absolute Gasteiger partial charge is 0.399 e. The van der Waals surface area contributed by atoms with Gasteiger partial charge in [0, 0.05) is 24.9 Å². The Balaban J connectivity index is 2.32. The van der Waals surface area contributed by atoms with Crippen LogP contribution in [0.25, 0.3) is 0 Å². The lowest BCUT2D eigenvalue weighted by Crippen LogP contribution is -2.07. The van der Waals surface area contributed by atoms with Gasteiger partial charge in [-0.25, -0.2) is 4.98 Å². The molecule has 0 radical (unpaired) electrons. The molecule has 90 valence electrons. The van der Waals surface area contributed by atoms with Crippen LogP contribution in [0, 0.1) is 5.92 Å². The summed E-state index contributed by atoms with van der Waals surface area (Å²) < 4.78 is 0. The van der Waals surface area contributed by atoms with Gasteiger partial charge >= 0.3 is 0 Å². The smallest absolute Gasteiger partial charge is 0.133 e. The zero-order valence-corrected chi connectivity index (χ0v) is 10.2. The van der Waals surface area contributed by atoms with Crippen molar-refractivity contribution in [2.45, 2.75) is 19.8 Å². The average Bonchev–Trinajstić information content (AvgIpc) is 2.22. The quantitative estimate of drug-likeness (QED) is 0.529. The zero-order chi connectivity index (χ0) is 12.0. The maximum Gasteiger partial charge on any atom is 0.133 e. The molecule has 1 heterocycles. The fourth-order valence-electron chi connectivity index (χ4n) is 1.37. The molecule has 0 saturated heterocycles. The van der Waals surface area contributed by atoms with Crippen molar-refractivity contribution in [1.82, 2.24) is 4.98 Å². The third-order valence-electron chi connectivity index (χ3n) is 2.31. The van der Waals surface area contributed by atoms with E-state index in [-0.39, 0.29) is 6.61 Å². The summed E-state index contributed by atoms with van der Waals surface area (Å²) in [7, 11) is 0. The second-order valence-corrected chi connectivity index (χ2v) is 4.35. The standard InChI is InChI=1S/C11H18ClN3O/c1-8(7-16)3-2-4-14-11-6-9(13)5-10(12)15-11/h5-6,8,16H,2-4,7H2,1H3,(H3,13,14,15). The molecule has 0 aliphatic heterocycles. The van der Waals surface area contributed by atoms with E-state index < -0.39 is 0 Å². The second kappa shape index (κ2) is 6.55. The number of nitrogens with one attached hydrogen (secondary N) is 1. The number of hydrogen-bond acceptors (Lipinski definition) is 4. The Kier molecular flexibility index (Phi) is 5.35. The van der Waals surface area contributed by atoms with Crippen LogP contribution >= 0.6 is 11.6 Å². The number of aliphatic hydroxyl groups is 1. The highest BCUT2D eigenvalue weighted by atomic mass is 35.5. The average molecular weight is 244 g/mol. The minimum atomic E-state index is 0.238. The van der Waals surface area contributed by atoms with Crippen LogP contribution in [0.5, 0.6) is 0 Å². The molecule has 0 saturated carbocycles. The SMILES string of the molecule is CC(CO)CCCNc1cc(N)cc(Cl)n1. The van der Waals surface area contributed by atoms with E-state index in [1.54, 1.807) is 12.1 Å². The molecule has 4 nitrogen and oxygen atoms in total. The van der Waals surface area contributed by atoms with E-state index >= 15 is 0 Å². The predicted molar refractivity (Wildman–Crippen MR) is 67.6 cm³/mol. The van der Waals surface area contributed by atoms with Crippen LogP contribution in [0.3, 0.4) is 0 Å². The Morgan fingerprint density at radius 2 is 2.31 bits per heavy atom. The first-order valence-corrected chi connectivity index (χ1v) is 5.77. The number of pyridine rings is 1. The van der Waals surface area contributed by atoms with Crippen molar-refractivity contribution in [3.05, 3.63) is 17.3 Å². The van der Waals surface area contributed by atoms with Crippen LogP contribution in [0.15, 0.2) is 12.1 Å². The molecule has 1 rings (SSSR count). The number of halogens is 1. The third-order valence-corrected chi connectivity index (χ3v) is 2.50. The summed E-state index contributed by atoms with van der Waals surface area (Å²) in [4.78, 5) is 4.10. The minimum absolute atomic E-state index is 0.238. The minimum Gasteiger partial charge on any atom is -0.399 e. The summed E-state index contributed by atoms with van der Waals surface area (Å²) in [5.41, 5.74) is 6.24. The summed E-state index contributed by atoms with van der Waals surface area (Å²) in [5, 5.41) is 12.4. The Morgan fingerprint density at radius 1 is 1.56 bits per heavy atom. The molecule has 5 heteroatoms. The first-order valence-electron chi connectivity index (χ1n) is 5.39. The van der Waals surface area contributed by atoms with Crippen LogP contribution in [0.1, 0.15) is 19.8 Å². The van der Waals surface area contributed by atoms with Crippen LogP contribution < -0.4 is 11.1 Å². The van der Waals surface area contributed by atoms with Crippen molar-refractivity contribution in [3.8, 4) is 0 Å². The molecule has 1 unspecified atom stereocenters. The Bertz CT molecular complexity index is 313. The highest BCUT2D eigenvalue weighted by Gasteiger charge is 2.01. The molecular formula is C11H18ClN3O. The molecule has 1 aromatic rings. The second-order valence-electron chi connectivity index (χ2n) is 3.97. The van der Waals surface area contributed by atoms with Gasteiger partial charge in [-0.05, 0) is 24.8 Å². The lowest BCUT2D eigenvalue weighted by atomic mass is 10.1. The number of rotatable bonds is 6. The van der Waals surface area contributed by atoms with Gasteiger partial charge in [0.2, 0.25) is 0 Å². The molecule has 16 heavy (non-hydrogen) atoms. The summed E-state index contributed by atoms with van der Waals surface area (Å²) in [6, 6.07) is 3.36. The number of aromatic nitrogens is 1. The maximum absolute atomic E-state index is 8.86. The first-order chi connectivity index (χ1) is 7.61. The van der Waals surface area contributed by atoms with Gasteiger partial charge in [0.1, 0.15) is 11.0 Å². The number of nitrogens with two attached hydrogens (primary N) is 1.